The van der Waals surface area contributed by atoms with Crippen molar-refractivity contribution in [3.8, 4) is 11.1 Å². The summed E-state index contributed by atoms with van der Waals surface area (Å²) in [5.41, 5.74) is 6.96. The summed E-state index contributed by atoms with van der Waals surface area (Å²) in [6.45, 7) is 0. The fourth-order valence-corrected chi connectivity index (χ4v) is 1.39. The largest absolute Gasteiger partial charge is 0.399 e. The number of anilines is 1. The second-order valence-corrected chi connectivity index (χ2v) is 3.22. The molecule has 0 amide bonds. The molecule has 2 N–H and O–H groups in total. The molecule has 2 rings (SSSR count). The van der Waals surface area contributed by atoms with Crippen LogP contribution in [0.3, 0.4) is 0 Å². The molecule has 0 saturated carbocycles. The summed E-state index contributed by atoms with van der Waals surface area (Å²) in [5, 5.41) is 0. The van der Waals surface area contributed by atoms with Crippen LogP contribution >= 0.6 is 0 Å². The predicted molar refractivity (Wildman–Crippen MR) is 56.2 cm³/mol. The summed E-state index contributed by atoms with van der Waals surface area (Å²) in [7, 11) is 0. The number of hydrogen-bond donors (Lipinski definition) is 1. The molecule has 0 radical (unpaired) electrons. The maximum absolute atomic E-state index is 13.4. The van der Waals surface area contributed by atoms with E-state index in [0.717, 1.165) is 6.07 Å². The lowest BCUT2D eigenvalue weighted by molar-refractivity contribution is 0.511. The van der Waals surface area contributed by atoms with E-state index >= 15 is 0 Å². The maximum atomic E-state index is 13.4. The fourth-order valence-electron chi connectivity index (χ4n) is 1.39. The van der Waals surface area contributed by atoms with Crippen LogP contribution in [-0.2, 0) is 0 Å². The van der Waals surface area contributed by atoms with Gasteiger partial charge < -0.3 is 5.73 Å². The molecule has 0 aliphatic heterocycles. The van der Waals surface area contributed by atoms with Crippen LogP contribution in [0.1, 0.15) is 0 Å². The molecule has 0 saturated heterocycles. The van der Waals surface area contributed by atoms with Crippen LogP contribution in [0.5, 0.6) is 0 Å². The molecule has 1 nitrogen and oxygen atoms in total. The molecule has 0 aliphatic carbocycles. The Balaban J connectivity index is 2.54. The Morgan fingerprint density at radius 2 is 1.53 bits per heavy atom. The predicted octanol–water partition coefficient (Wildman–Crippen LogP) is 3.21. The molecule has 2 aromatic carbocycles. The zero-order valence-corrected chi connectivity index (χ0v) is 7.87. The lowest BCUT2D eigenvalue weighted by Gasteiger charge is -2.04. The summed E-state index contributed by atoms with van der Waals surface area (Å²) in [4.78, 5) is 0. The highest BCUT2D eigenvalue weighted by Crippen LogP contribution is 2.24. The number of nitrogens with two attached hydrogens (primary N) is 1. The van der Waals surface area contributed by atoms with Crippen LogP contribution in [0.2, 0.25) is 0 Å². The first kappa shape index (κ1) is 9.65. The van der Waals surface area contributed by atoms with Crippen molar-refractivity contribution < 1.29 is 8.78 Å². The minimum Gasteiger partial charge on any atom is -0.399 e. The second-order valence-electron chi connectivity index (χ2n) is 3.22. The summed E-state index contributed by atoms with van der Waals surface area (Å²) < 4.78 is 26.3. The first-order chi connectivity index (χ1) is 7.18. The van der Waals surface area contributed by atoms with E-state index in [9.17, 15) is 8.78 Å². The van der Waals surface area contributed by atoms with Gasteiger partial charge in [-0.1, -0.05) is 24.3 Å². The van der Waals surface area contributed by atoms with Crippen LogP contribution in [0.25, 0.3) is 11.1 Å². The van der Waals surface area contributed by atoms with E-state index in [4.69, 9.17) is 5.73 Å². The van der Waals surface area contributed by atoms with Gasteiger partial charge in [-0.25, -0.2) is 8.78 Å². The van der Waals surface area contributed by atoms with Gasteiger partial charge in [0.25, 0.3) is 0 Å². The molecule has 0 spiro atoms. The number of halogens is 2. The number of nitrogen functional groups attached to an aromatic ring is 1. The van der Waals surface area contributed by atoms with Gasteiger partial charge in [0, 0.05) is 11.3 Å². The van der Waals surface area contributed by atoms with Crippen LogP contribution in [0, 0.1) is 11.6 Å². The lowest BCUT2D eigenvalue weighted by Crippen LogP contribution is -1.89. The van der Waals surface area contributed by atoms with Crippen molar-refractivity contribution in [3.63, 3.8) is 0 Å². The molecule has 2 aromatic rings. The third-order valence-electron chi connectivity index (χ3n) is 2.17. The lowest BCUT2D eigenvalue weighted by atomic mass is 10.0. The monoisotopic (exact) mass is 205 g/mol. The van der Waals surface area contributed by atoms with E-state index in [-0.39, 0.29) is 5.56 Å². The highest BCUT2D eigenvalue weighted by Gasteiger charge is 2.08. The molecule has 0 fully saturated rings. The summed E-state index contributed by atoms with van der Waals surface area (Å²) in [5.74, 6) is -1.67. The molecule has 0 unspecified atom stereocenters. The first-order valence-electron chi connectivity index (χ1n) is 4.48. The Morgan fingerprint density at radius 1 is 0.867 bits per heavy atom. The highest BCUT2D eigenvalue weighted by atomic mass is 19.2. The Morgan fingerprint density at radius 3 is 2.20 bits per heavy atom. The molecule has 0 aromatic heterocycles. The maximum Gasteiger partial charge on any atom is 0.166 e. The molecule has 0 heterocycles. The third kappa shape index (κ3) is 1.81. The minimum absolute atomic E-state index is 0.245. The number of rotatable bonds is 1. The van der Waals surface area contributed by atoms with Crippen LogP contribution in [-0.4, -0.2) is 0 Å². The molecule has 3 heteroatoms. The normalized spacial score (nSPS) is 10.3. The van der Waals surface area contributed by atoms with Crippen molar-refractivity contribution in [1.82, 2.24) is 0 Å². The summed E-state index contributed by atoms with van der Waals surface area (Å²) in [6.07, 6.45) is 0. The second kappa shape index (κ2) is 3.69. The summed E-state index contributed by atoms with van der Waals surface area (Å²) >= 11 is 0. The van der Waals surface area contributed by atoms with E-state index in [1.165, 1.54) is 12.1 Å². The zero-order chi connectivity index (χ0) is 10.8. The highest BCUT2D eigenvalue weighted by molar-refractivity contribution is 5.66. The summed E-state index contributed by atoms with van der Waals surface area (Å²) in [6, 6.07) is 10.7. The smallest absolute Gasteiger partial charge is 0.166 e. The van der Waals surface area contributed by atoms with Gasteiger partial charge >= 0.3 is 0 Å². The SMILES string of the molecule is Nc1ccc(-c2cccc(F)c2F)cc1. The van der Waals surface area contributed by atoms with Crippen molar-refractivity contribution in [3.05, 3.63) is 54.1 Å². The minimum atomic E-state index is -0.843. The van der Waals surface area contributed by atoms with Gasteiger partial charge in [0.1, 0.15) is 0 Å². The molecule has 76 valence electrons. The van der Waals surface area contributed by atoms with Gasteiger partial charge in [-0.15, -0.1) is 0 Å². The zero-order valence-electron chi connectivity index (χ0n) is 7.87. The Labute approximate surface area is 86.2 Å². The molecule has 0 aliphatic rings. The van der Waals surface area contributed by atoms with Crippen LogP contribution < -0.4 is 5.73 Å². The molecule has 15 heavy (non-hydrogen) atoms. The van der Waals surface area contributed by atoms with Crippen molar-refractivity contribution >= 4 is 5.69 Å². The number of benzene rings is 2. The van der Waals surface area contributed by atoms with Crippen LogP contribution in [0.15, 0.2) is 42.5 Å². The molecular weight excluding hydrogens is 196 g/mol. The van der Waals surface area contributed by atoms with Crippen molar-refractivity contribution in [2.75, 3.05) is 5.73 Å². The molecule has 0 bridgehead atoms. The van der Waals surface area contributed by atoms with Crippen molar-refractivity contribution in [1.29, 1.82) is 0 Å². The average Bonchev–Trinajstić information content (AvgIpc) is 2.24. The fraction of sp³-hybridized carbons (Fsp3) is 0. The molecular formula is C12H9F2N. The quantitative estimate of drug-likeness (QED) is 0.711. The van der Waals surface area contributed by atoms with Gasteiger partial charge in [0.15, 0.2) is 11.6 Å². The molecule has 0 atom stereocenters. The van der Waals surface area contributed by atoms with Crippen molar-refractivity contribution in [2.24, 2.45) is 0 Å². The standard InChI is InChI=1S/C12H9F2N/c13-11-3-1-2-10(12(11)14)8-4-6-9(15)7-5-8/h1-7H,15H2. The van der Waals surface area contributed by atoms with E-state index in [2.05, 4.69) is 0 Å². The third-order valence-corrected chi connectivity index (χ3v) is 2.17. The Kier molecular flexibility index (Phi) is 2.37. The van der Waals surface area contributed by atoms with Gasteiger partial charge in [0.05, 0.1) is 0 Å². The topological polar surface area (TPSA) is 26.0 Å². The average molecular weight is 205 g/mol. The van der Waals surface area contributed by atoms with E-state index in [1.54, 1.807) is 24.3 Å². The Hall–Kier alpha value is -1.90. The van der Waals surface area contributed by atoms with E-state index in [0.29, 0.717) is 11.3 Å². The van der Waals surface area contributed by atoms with Gasteiger partial charge in [-0.05, 0) is 23.8 Å². The van der Waals surface area contributed by atoms with E-state index < -0.39 is 11.6 Å². The Bertz CT molecular complexity index is 477. The van der Waals surface area contributed by atoms with Gasteiger partial charge in [-0.2, -0.15) is 0 Å². The first-order valence-corrected chi connectivity index (χ1v) is 4.48. The van der Waals surface area contributed by atoms with Gasteiger partial charge in [0.2, 0.25) is 0 Å². The van der Waals surface area contributed by atoms with Crippen LogP contribution in [0.4, 0.5) is 14.5 Å². The van der Waals surface area contributed by atoms with E-state index in [1.807, 2.05) is 0 Å². The number of hydrogen-bond acceptors (Lipinski definition) is 1. The van der Waals surface area contributed by atoms with Crippen molar-refractivity contribution in [2.45, 2.75) is 0 Å². The van der Waals surface area contributed by atoms with Gasteiger partial charge in [-0.3, -0.25) is 0 Å².